The lowest BCUT2D eigenvalue weighted by atomic mass is 9.93. The third-order valence-corrected chi connectivity index (χ3v) is 5.01. The minimum Gasteiger partial charge on any atom is -0.496 e. The molecule has 2 aromatic heterocycles. The molecule has 0 aliphatic heterocycles. The second-order valence-corrected chi connectivity index (χ2v) is 7.06. The molecule has 0 aliphatic carbocycles. The van der Waals surface area contributed by atoms with Crippen molar-refractivity contribution in [2.24, 2.45) is 0 Å². The summed E-state index contributed by atoms with van der Waals surface area (Å²) in [5, 5.41) is 6.67. The van der Waals surface area contributed by atoms with E-state index in [-0.39, 0.29) is 22.9 Å². The number of aromatic amines is 1. The summed E-state index contributed by atoms with van der Waals surface area (Å²) in [6.45, 7) is 0. The number of methoxy groups -OCH3 is 1. The van der Waals surface area contributed by atoms with E-state index in [2.05, 4.69) is 15.2 Å². The first-order chi connectivity index (χ1) is 15.6. The number of ether oxygens (including phenoxy) is 1. The zero-order valence-corrected chi connectivity index (χ0v) is 16.9. The van der Waals surface area contributed by atoms with Gasteiger partial charge in [0, 0.05) is 35.3 Å². The number of nitrogens with one attached hydrogen (secondary N) is 1. The maximum Gasteiger partial charge on any atom is 0.416 e. The summed E-state index contributed by atoms with van der Waals surface area (Å²) in [4.78, 5) is 4.08. The third kappa shape index (κ3) is 4.41. The Hall–Kier alpha value is -3.82. The highest BCUT2D eigenvalue weighted by Gasteiger charge is 2.37. The number of para-hydroxylation sites is 1. The number of hydrogen-bond donors (Lipinski definition) is 1. The van der Waals surface area contributed by atoms with Crippen LogP contribution in [0.2, 0.25) is 0 Å². The highest BCUT2D eigenvalue weighted by molar-refractivity contribution is 5.90. The van der Waals surface area contributed by atoms with Crippen molar-refractivity contribution in [3.05, 3.63) is 78.2 Å². The molecule has 0 saturated carbocycles. The summed E-state index contributed by atoms with van der Waals surface area (Å²) >= 11 is 0. The Balaban J connectivity index is 1.93. The molecule has 1 N–H and O–H groups in total. The van der Waals surface area contributed by atoms with Crippen LogP contribution < -0.4 is 4.74 Å². The smallest absolute Gasteiger partial charge is 0.416 e. The molecule has 33 heavy (non-hydrogen) atoms. The average molecular weight is 463 g/mol. The van der Waals surface area contributed by atoms with Crippen LogP contribution in [0.4, 0.5) is 26.3 Å². The van der Waals surface area contributed by atoms with Crippen LogP contribution in [0.3, 0.4) is 0 Å². The standard InChI is InChI=1S/C23H15F6N3O/c1-33-20-5-3-2-4-17(20)16-6-7-30-11-19(16)21-18(12-31-32-21)13-8-14(22(24,25)26)10-15(9-13)23(27,28)29/h2-12H,1H3,(H,31,32). The van der Waals surface area contributed by atoms with Crippen molar-refractivity contribution in [2.75, 3.05) is 7.11 Å². The van der Waals surface area contributed by atoms with E-state index in [0.29, 0.717) is 34.6 Å². The SMILES string of the molecule is COc1ccccc1-c1ccncc1-c1n[nH]cc1-c1cc(C(F)(F)F)cc(C(F)(F)F)c1. The van der Waals surface area contributed by atoms with Crippen LogP contribution in [0, 0.1) is 0 Å². The normalized spacial score (nSPS) is 12.1. The van der Waals surface area contributed by atoms with Gasteiger partial charge in [0.15, 0.2) is 0 Å². The van der Waals surface area contributed by atoms with Gasteiger partial charge >= 0.3 is 12.4 Å². The van der Waals surface area contributed by atoms with Crippen molar-refractivity contribution in [3.63, 3.8) is 0 Å². The predicted molar refractivity (Wildman–Crippen MR) is 109 cm³/mol. The van der Waals surface area contributed by atoms with Crippen LogP contribution in [0.5, 0.6) is 5.75 Å². The van der Waals surface area contributed by atoms with E-state index in [1.165, 1.54) is 25.7 Å². The minimum absolute atomic E-state index is 0.0655. The average Bonchev–Trinajstić information content (AvgIpc) is 3.27. The maximum absolute atomic E-state index is 13.4. The van der Waals surface area contributed by atoms with Crippen molar-refractivity contribution in [2.45, 2.75) is 12.4 Å². The van der Waals surface area contributed by atoms with Gasteiger partial charge in [0.05, 0.1) is 18.2 Å². The molecule has 0 saturated heterocycles. The van der Waals surface area contributed by atoms with Gasteiger partial charge in [-0.3, -0.25) is 10.1 Å². The van der Waals surface area contributed by atoms with Crippen molar-refractivity contribution in [1.29, 1.82) is 0 Å². The summed E-state index contributed by atoms with van der Waals surface area (Å²) < 4.78 is 85.5. The quantitative estimate of drug-likeness (QED) is 0.337. The molecule has 0 atom stereocenters. The first kappa shape index (κ1) is 22.4. The summed E-state index contributed by atoms with van der Waals surface area (Å²) in [6.07, 6.45) is -5.71. The molecule has 4 rings (SSSR count). The highest BCUT2D eigenvalue weighted by Crippen LogP contribution is 2.42. The van der Waals surface area contributed by atoms with Gasteiger partial charge in [-0.05, 0) is 41.5 Å². The summed E-state index contributed by atoms with van der Waals surface area (Å²) in [7, 11) is 1.49. The number of pyridine rings is 1. The van der Waals surface area contributed by atoms with Gasteiger partial charge in [-0.15, -0.1) is 0 Å². The lowest BCUT2D eigenvalue weighted by molar-refractivity contribution is -0.143. The topological polar surface area (TPSA) is 50.8 Å². The molecule has 0 amide bonds. The fourth-order valence-electron chi connectivity index (χ4n) is 3.51. The molecule has 170 valence electrons. The lowest BCUT2D eigenvalue weighted by Crippen LogP contribution is -2.11. The number of benzene rings is 2. The predicted octanol–water partition coefficient (Wildman–Crippen LogP) is 6.85. The molecule has 0 unspecified atom stereocenters. The monoisotopic (exact) mass is 463 g/mol. The molecule has 0 radical (unpaired) electrons. The van der Waals surface area contributed by atoms with Crippen molar-refractivity contribution >= 4 is 0 Å². The second-order valence-electron chi connectivity index (χ2n) is 7.06. The Kier molecular flexibility index (Phi) is 5.61. The Morgan fingerprint density at radius 1 is 0.788 bits per heavy atom. The number of nitrogens with zero attached hydrogens (tertiary/aromatic N) is 2. The first-order valence-corrected chi connectivity index (χ1v) is 9.51. The van der Waals surface area contributed by atoms with Crippen molar-refractivity contribution < 1.29 is 31.1 Å². The summed E-state index contributed by atoms with van der Waals surface area (Å²) in [5.41, 5.74) is -1.22. The minimum atomic E-state index is -4.96. The number of H-pyrrole nitrogens is 1. The highest BCUT2D eigenvalue weighted by atomic mass is 19.4. The van der Waals surface area contributed by atoms with E-state index in [4.69, 9.17) is 4.74 Å². The van der Waals surface area contributed by atoms with E-state index >= 15 is 0 Å². The van der Waals surface area contributed by atoms with E-state index in [1.54, 1.807) is 30.3 Å². The molecule has 2 heterocycles. The zero-order chi connectivity index (χ0) is 23.8. The molecular formula is C23H15F6N3O. The number of halogens is 6. The fraction of sp³-hybridized carbons (Fsp3) is 0.130. The van der Waals surface area contributed by atoms with Crippen LogP contribution >= 0.6 is 0 Å². The van der Waals surface area contributed by atoms with E-state index in [0.717, 1.165) is 0 Å². The molecule has 10 heteroatoms. The maximum atomic E-state index is 13.4. The van der Waals surface area contributed by atoms with Crippen LogP contribution in [-0.2, 0) is 12.4 Å². The van der Waals surface area contributed by atoms with Crippen LogP contribution in [0.1, 0.15) is 11.1 Å². The van der Waals surface area contributed by atoms with Crippen molar-refractivity contribution in [1.82, 2.24) is 15.2 Å². The molecule has 0 fully saturated rings. The zero-order valence-electron chi connectivity index (χ0n) is 16.9. The van der Waals surface area contributed by atoms with Gasteiger partial charge in [-0.1, -0.05) is 18.2 Å². The fourth-order valence-corrected chi connectivity index (χ4v) is 3.51. The summed E-state index contributed by atoms with van der Waals surface area (Å²) in [5.74, 6) is 0.528. The molecule has 4 nitrogen and oxygen atoms in total. The second kappa shape index (κ2) is 8.27. The van der Waals surface area contributed by atoms with Gasteiger partial charge in [-0.2, -0.15) is 31.4 Å². The Morgan fingerprint density at radius 3 is 2.09 bits per heavy atom. The Labute approximate surface area is 183 Å². The molecule has 0 aliphatic rings. The van der Waals surface area contributed by atoms with Gasteiger partial charge in [0.1, 0.15) is 11.4 Å². The molecule has 0 bridgehead atoms. The molecular weight excluding hydrogens is 448 g/mol. The number of alkyl halides is 6. The lowest BCUT2D eigenvalue weighted by Gasteiger charge is -2.15. The van der Waals surface area contributed by atoms with Crippen molar-refractivity contribution in [3.8, 4) is 39.3 Å². The van der Waals surface area contributed by atoms with Gasteiger partial charge < -0.3 is 4.74 Å². The summed E-state index contributed by atoms with van der Waals surface area (Å²) in [6, 6.07) is 10.1. The van der Waals surface area contributed by atoms with E-state index in [1.807, 2.05) is 0 Å². The third-order valence-electron chi connectivity index (χ3n) is 5.01. The Morgan fingerprint density at radius 2 is 1.45 bits per heavy atom. The van der Waals surface area contributed by atoms with Crippen LogP contribution in [0.15, 0.2) is 67.1 Å². The largest absolute Gasteiger partial charge is 0.496 e. The Bertz CT molecular complexity index is 1260. The molecule has 2 aromatic carbocycles. The van der Waals surface area contributed by atoms with Gasteiger partial charge in [0.2, 0.25) is 0 Å². The van der Waals surface area contributed by atoms with Gasteiger partial charge in [-0.25, -0.2) is 0 Å². The van der Waals surface area contributed by atoms with E-state index < -0.39 is 23.5 Å². The molecule has 4 aromatic rings. The van der Waals surface area contributed by atoms with E-state index in [9.17, 15) is 26.3 Å². The number of hydrogen-bond acceptors (Lipinski definition) is 3. The van der Waals surface area contributed by atoms with Crippen LogP contribution in [0.25, 0.3) is 33.5 Å². The van der Waals surface area contributed by atoms with Crippen LogP contribution in [-0.4, -0.2) is 22.3 Å². The van der Waals surface area contributed by atoms with Gasteiger partial charge in [0.25, 0.3) is 0 Å². The number of aromatic nitrogens is 3. The first-order valence-electron chi connectivity index (χ1n) is 9.51. The molecule has 0 spiro atoms. The number of rotatable bonds is 4.